The fourth-order valence-corrected chi connectivity index (χ4v) is 2.67. The van der Waals surface area contributed by atoms with Crippen LogP contribution in [0.5, 0.6) is 0 Å². The molecule has 0 fully saturated rings. The van der Waals surface area contributed by atoms with E-state index in [0.29, 0.717) is 28.4 Å². The molecule has 0 amide bonds. The molecule has 0 saturated heterocycles. The molecule has 0 aliphatic rings. The summed E-state index contributed by atoms with van der Waals surface area (Å²) in [5, 5.41) is 16.5. The van der Waals surface area contributed by atoms with E-state index in [0.717, 1.165) is 19.3 Å². The molecular weight excluding hydrogens is 328 g/mol. The third kappa shape index (κ3) is 4.90. The Hall–Kier alpha value is -1.70. The predicted octanol–water partition coefficient (Wildman–Crippen LogP) is 2.55. The summed E-state index contributed by atoms with van der Waals surface area (Å²) in [6.45, 7) is 6.49. The van der Waals surface area contributed by atoms with E-state index in [1.54, 1.807) is 19.2 Å². The monoisotopic (exact) mass is 352 g/mol. The van der Waals surface area contributed by atoms with Crippen molar-refractivity contribution in [3.63, 3.8) is 0 Å². The number of hydrogen-bond acceptors (Lipinski definition) is 7. The van der Waals surface area contributed by atoms with Crippen LogP contribution in [0.25, 0.3) is 11.0 Å². The molecule has 0 saturated carbocycles. The first kappa shape index (κ1) is 18.6. The van der Waals surface area contributed by atoms with Gasteiger partial charge >= 0.3 is 0 Å². The van der Waals surface area contributed by atoms with Crippen LogP contribution in [0.15, 0.2) is 12.3 Å². The molecular formula is C16H25ClN6O. The number of aliphatic hydroxyl groups excluding tert-OH is 1. The third-order valence-electron chi connectivity index (χ3n) is 3.81. The van der Waals surface area contributed by atoms with Crippen LogP contribution >= 0.6 is 11.6 Å². The maximum Gasteiger partial charge on any atom is 0.222 e. The van der Waals surface area contributed by atoms with Crippen molar-refractivity contribution in [2.24, 2.45) is 0 Å². The van der Waals surface area contributed by atoms with Gasteiger partial charge < -0.3 is 16.2 Å². The molecule has 24 heavy (non-hydrogen) atoms. The lowest BCUT2D eigenvalue weighted by Crippen LogP contribution is -2.47. The molecule has 132 valence electrons. The van der Waals surface area contributed by atoms with Crippen molar-refractivity contribution >= 4 is 34.4 Å². The zero-order valence-corrected chi connectivity index (χ0v) is 15.1. The number of aliphatic hydroxyl groups is 1. The zero-order chi connectivity index (χ0) is 17.7. The number of halogens is 1. The second-order valence-electron chi connectivity index (χ2n) is 6.30. The number of unbranched alkanes of at least 4 members (excludes halogenated alkanes) is 1. The van der Waals surface area contributed by atoms with E-state index >= 15 is 0 Å². The van der Waals surface area contributed by atoms with Crippen molar-refractivity contribution in [3.8, 4) is 0 Å². The van der Waals surface area contributed by atoms with Gasteiger partial charge in [0.1, 0.15) is 11.7 Å². The number of hydrogen-bond donors (Lipinski definition) is 4. The first-order chi connectivity index (χ1) is 11.3. The first-order valence-electron chi connectivity index (χ1n) is 8.11. The lowest BCUT2D eigenvalue weighted by molar-refractivity contribution is 0.148. The first-order valence-corrected chi connectivity index (χ1v) is 8.49. The highest BCUT2D eigenvalue weighted by Crippen LogP contribution is 2.26. The summed E-state index contributed by atoms with van der Waals surface area (Å²) in [5.74, 6) is 0.732. The van der Waals surface area contributed by atoms with Crippen LogP contribution in [0.4, 0.5) is 11.8 Å². The number of anilines is 2. The molecule has 0 spiro atoms. The van der Waals surface area contributed by atoms with E-state index in [1.807, 2.05) is 0 Å². The summed E-state index contributed by atoms with van der Waals surface area (Å²) in [5.41, 5.74) is 6.72. The minimum Gasteiger partial charge on any atom is -0.379 e. The molecule has 1 unspecified atom stereocenters. The summed E-state index contributed by atoms with van der Waals surface area (Å²) >= 11 is 5.99. The molecule has 0 aromatic carbocycles. The van der Waals surface area contributed by atoms with Gasteiger partial charge in [-0.3, -0.25) is 5.32 Å². The zero-order valence-electron chi connectivity index (χ0n) is 14.3. The van der Waals surface area contributed by atoms with Crippen molar-refractivity contribution in [2.45, 2.75) is 51.8 Å². The van der Waals surface area contributed by atoms with E-state index in [1.165, 1.54) is 0 Å². The normalized spacial score (nSPS) is 15.2. The summed E-state index contributed by atoms with van der Waals surface area (Å²) in [6.07, 6.45) is 4.00. The Labute approximate surface area is 147 Å². The van der Waals surface area contributed by atoms with Gasteiger partial charge in [-0.15, -0.1) is 0 Å². The largest absolute Gasteiger partial charge is 0.379 e. The second kappa shape index (κ2) is 7.92. The van der Waals surface area contributed by atoms with E-state index in [-0.39, 0.29) is 11.5 Å². The van der Waals surface area contributed by atoms with Crippen molar-refractivity contribution in [3.05, 3.63) is 17.3 Å². The summed E-state index contributed by atoms with van der Waals surface area (Å²) in [6, 6.07) is 1.71. The van der Waals surface area contributed by atoms with Crippen molar-refractivity contribution in [1.29, 1.82) is 0 Å². The number of pyridine rings is 1. The minimum atomic E-state index is -0.586. The molecule has 2 aromatic heterocycles. The van der Waals surface area contributed by atoms with Crippen LogP contribution in [-0.2, 0) is 0 Å². The van der Waals surface area contributed by atoms with Gasteiger partial charge in [0.2, 0.25) is 5.95 Å². The Morgan fingerprint density at radius 1 is 1.42 bits per heavy atom. The smallest absolute Gasteiger partial charge is 0.222 e. The Kier molecular flexibility index (Phi) is 6.15. The number of fused-ring (bicyclic) bond motifs is 1. The van der Waals surface area contributed by atoms with Crippen molar-refractivity contribution < 1.29 is 5.11 Å². The van der Waals surface area contributed by atoms with Gasteiger partial charge in [0.05, 0.1) is 10.5 Å². The number of nitrogens with one attached hydrogen (secondary N) is 2. The topological polar surface area (TPSA) is 109 Å². The third-order valence-corrected chi connectivity index (χ3v) is 4.02. The van der Waals surface area contributed by atoms with Gasteiger partial charge in [0.25, 0.3) is 0 Å². The quantitative estimate of drug-likeness (QED) is 0.540. The molecule has 2 aromatic rings. The van der Waals surface area contributed by atoms with E-state index < -0.39 is 6.23 Å². The Morgan fingerprint density at radius 3 is 2.83 bits per heavy atom. The van der Waals surface area contributed by atoms with Gasteiger partial charge in [-0.05, 0) is 26.3 Å². The highest BCUT2D eigenvalue weighted by Gasteiger charge is 2.26. The molecule has 0 aliphatic carbocycles. The maximum atomic E-state index is 9.54. The van der Waals surface area contributed by atoms with Gasteiger partial charge in [-0.2, -0.15) is 4.98 Å². The highest BCUT2D eigenvalue weighted by molar-refractivity contribution is 6.31. The molecule has 0 radical (unpaired) electrons. The minimum absolute atomic E-state index is 0.162. The molecule has 0 aliphatic heterocycles. The molecule has 2 atom stereocenters. The molecule has 0 bridgehead atoms. The average molecular weight is 353 g/mol. The lowest BCUT2D eigenvalue weighted by atomic mass is 9.94. The molecule has 2 heterocycles. The number of nitrogens with two attached hydrogens (primary N) is 1. The van der Waals surface area contributed by atoms with E-state index in [4.69, 9.17) is 17.3 Å². The molecule has 2 rings (SSSR count). The number of aromatic nitrogens is 3. The molecule has 8 heteroatoms. The molecule has 5 N–H and O–H groups in total. The van der Waals surface area contributed by atoms with E-state index in [9.17, 15) is 5.11 Å². The van der Waals surface area contributed by atoms with Crippen LogP contribution in [0, 0.1) is 0 Å². The fourth-order valence-electron chi connectivity index (χ4n) is 2.52. The SMILES string of the molecule is CCCC[C@](C)(CNC(C)O)Nc1nc(N)nc2cc(Cl)cnc12. The van der Waals surface area contributed by atoms with Crippen LogP contribution in [0.3, 0.4) is 0 Å². The standard InChI is InChI=1S/C16H25ClN6O/c1-4-5-6-16(3,9-20-10(2)24)23-14-13-12(21-15(18)22-14)7-11(17)8-19-13/h7-8,10,20,24H,4-6,9H2,1-3H3,(H3,18,21,22,23)/t10?,16-/m1/s1. The predicted molar refractivity (Wildman–Crippen MR) is 98.0 cm³/mol. The van der Waals surface area contributed by atoms with Crippen LogP contribution < -0.4 is 16.4 Å². The maximum absolute atomic E-state index is 9.54. The van der Waals surface area contributed by atoms with Crippen LogP contribution in [0.1, 0.15) is 40.0 Å². The van der Waals surface area contributed by atoms with Gasteiger partial charge in [0, 0.05) is 18.3 Å². The van der Waals surface area contributed by atoms with Crippen molar-refractivity contribution in [2.75, 3.05) is 17.6 Å². The average Bonchev–Trinajstić information content (AvgIpc) is 2.50. The van der Waals surface area contributed by atoms with E-state index in [2.05, 4.69) is 39.4 Å². The number of nitrogen functional groups attached to an aromatic ring is 1. The second-order valence-corrected chi connectivity index (χ2v) is 6.73. The summed E-state index contributed by atoms with van der Waals surface area (Å²) in [4.78, 5) is 12.8. The van der Waals surface area contributed by atoms with Gasteiger partial charge in [-0.1, -0.05) is 31.4 Å². The lowest BCUT2D eigenvalue weighted by Gasteiger charge is -2.32. The number of nitrogens with zero attached hydrogens (tertiary/aromatic N) is 3. The van der Waals surface area contributed by atoms with Crippen LogP contribution in [0.2, 0.25) is 5.02 Å². The van der Waals surface area contributed by atoms with Gasteiger partial charge in [-0.25, -0.2) is 9.97 Å². The Morgan fingerprint density at radius 2 is 2.17 bits per heavy atom. The summed E-state index contributed by atoms with van der Waals surface area (Å²) < 4.78 is 0. The van der Waals surface area contributed by atoms with Crippen molar-refractivity contribution in [1.82, 2.24) is 20.3 Å². The molecule has 7 nitrogen and oxygen atoms in total. The Bertz CT molecular complexity index is 690. The highest BCUT2D eigenvalue weighted by atomic mass is 35.5. The van der Waals surface area contributed by atoms with Crippen LogP contribution in [-0.4, -0.2) is 38.4 Å². The van der Waals surface area contributed by atoms with Gasteiger partial charge in [0.15, 0.2) is 5.82 Å². The summed E-state index contributed by atoms with van der Waals surface area (Å²) in [7, 11) is 0. The Balaban J connectivity index is 2.35. The fraction of sp³-hybridized carbons (Fsp3) is 0.562. The number of rotatable bonds is 8.